The Bertz CT molecular complexity index is 1850. The molecule has 3 aliphatic heterocycles. The second-order valence-corrected chi connectivity index (χ2v) is 13.1. The molecule has 6 rings (SSSR count). The molecule has 0 spiro atoms. The highest BCUT2D eigenvalue weighted by Gasteiger charge is 2.48. The van der Waals surface area contributed by atoms with E-state index >= 15 is 0 Å². The highest BCUT2D eigenvalue weighted by atomic mass is 16.7. The normalized spacial score (nSPS) is 37.3. The average Bonchev–Trinajstić information content (AvgIpc) is 3.14. The third-order valence-corrected chi connectivity index (χ3v) is 9.38. The van der Waals surface area contributed by atoms with E-state index in [1.807, 2.05) is 0 Å². The van der Waals surface area contributed by atoms with E-state index in [0.29, 0.717) is 0 Å². The molecule has 0 amide bonds. The van der Waals surface area contributed by atoms with Gasteiger partial charge in [0.25, 0.3) is 0 Å². The summed E-state index contributed by atoms with van der Waals surface area (Å²) in [4.78, 5) is 14.1. The van der Waals surface area contributed by atoms with Crippen LogP contribution in [0.2, 0.25) is 0 Å². The zero-order valence-electron chi connectivity index (χ0n) is 28.0. The minimum atomic E-state index is -2.07. The van der Waals surface area contributed by atoms with E-state index in [1.54, 1.807) is 0 Å². The van der Waals surface area contributed by atoms with Gasteiger partial charge in [-0.2, -0.15) is 0 Å². The molecule has 0 aliphatic carbocycles. The van der Waals surface area contributed by atoms with Gasteiger partial charge in [-0.05, 0) is 25.1 Å². The Morgan fingerprint density at radius 1 is 0.630 bits per heavy atom. The van der Waals surface area contributed by atoms with Crippen LogP contribution in [0.1, 0.15) is 6.92 Å². The van der Waals surface area contributed by atoms with Crippen LogP contribution in [0.4, 0.5) is 0 Å². The van der Waals surface area contributed by atoms with Crippen LogP contribution >= 0.6 is 0 Å². The van der Waals surface area contributed by atoms with Gasteiger partial charge in [-0.15, -0.1) is 0 Å². The Morgan fingerprint density at radius 3 is 1.87 bits per heavy atom. The minimum absolute atomic E-state index is 0.115. The number of ether oxygens (including phenoxy) is 6. The van der Waals surface area contributed by atoms with Crippen LogP contribution < -0.4 is 14.9 Å². The fourth-order valence-electron chi connectivity index (χ4n) is 6.19. The number of hydrogen-bond acceptors (Lipinski definition) is 21. The Labute approximate surface area is 303 Å². The topological polar surface area (TPSA) is 349 Å². The first kappa shape index (κ1) is 39.8. The molecule has 3 saturated heterocycles. The largest absolute Gasteiger partial charge is 0.507 e. The Kier molecular flexibility index (Phi) is 11.5. The SMILES string of the molecule is CC1OC(Oc2cc(O)c3c(=O)c(OC4OC(COC5OC(CO)C(O)C(O)C5O)C(O)C(O)C4O)c(-c4ccc(O)c(O)c4)oc3c2)C(O)C(O)C1O. The molecule has 0 bridgehead atoms. The molecule has 2 aromatic carbocycles. The van der Waals surface area contributed by atoms with Gasteiger partial charge in [0.1, 0.15) is 89.6 Å². The van der Waals surface area contributed by atoms with Crippen molar-refractivity contribution in [1.29, 1.82) is 0 Å². The molecule has 21 heteroatoms. The first-order valence-electron chi connectivity index (χ1n) is 16.5. The summed E-state index contributed by atoms with van der Waals surface area (Å²) in [6, 6.07) is 5.24. The molecular weight excluding hydrogens is 732 g/mol. The van der Waals surface area contributed by atoms with Gasteiger partial charge in [0.2, 0.25) is 23.8 Å². The van der Waals surface area contributed by atoms with E-state index in [0.717, 1.165) is 24.3 Å². The lowest BCUT2D eigenvalue weighted by atomic mass is 9.98. The molecule has 4 heterocycles. The lowest BCUT2D eigenvalue weighted by molar-refractivity contribution is -0.323. The molecule has 15 atom stereocenters. The zero-order chi connectivity index (χ0) is 39.3. The van der Waals surface area contributed by atoms with Crippen LogP contribution in [0, 0.1) is 0 Å². The van der Waals surface area contributed by atoms with Crippen molar-refractivity contribution < 1.29 is 99.2 Å². The molecule has 0 saturated carbocycles. The van der Waals surface area contributed by atoms with Gasteiger partial charge in [-0.25, -0.2) is 0 Å². The number of aliphatic hydroxyl groups excluding tert-OH is 10. The van der Waals surface area contributed by atoms with Crippen molar-refractivity contribution in [2.45, 2.75) is 99.0 Å². The lowest BCUT2D eigenvalue weighted by Crippen LogP contribution is -2.62. The first-order chi connectivity index (χ1) is 25.5. The Hall–Kier alpha value is -3.91. The maximum absolute atomic E-state index is 14.1. The van der Waals surface area contributed by atoms with Crippen molar-refractivity contribution in [3.8, 4) is 40.1 Å². The van der Waals surface area contributed by atoms with Crippen LogP contribution in [0.15, 0.2) is 39.5 Å². The number of aliphatic hydroxyl groups is 10. The van der Waals surface area contributed by atoms with Crippen molar-refractivity contribution >= 4 is 11.0 Å². The van der Waals surface area contributed by atoms with Crippen LogP contribution in [0.25, 0.3) is 22.3 Å². The second kappa shape index (κ2) is 15.7. The molecule has 13 N–H and O–H groups in total. The van der Waals surface area contributed by atoms with E-state index in [2.05, 4.69) is 0 Å². The van der Waals surface area contributed by atoms with Crippen molar-refractivity contribution in [2.75, 3.05) is 13.2 Å². The molecule has 3 aromatic rings. The number of fused-ring (bicyclic) bond motifs is 1. The molecule has 21 nitrogen and oxygen atoms in total. The number of phenols is 3. The van der Waals surface area contributed by atoms with Gasteiger partial charge >= 0.3 is 0 Å². The number of rotatable bonds is 9. The highest BCUT2D eigenvalue weighted by molar-refractivity contribution is 5.88. The first-order valence-corrected chi connectivity index (χ1v) is 16.5. The van der Waals surface area contributed by atoms with Crippen LogP contribution in [0.3, 0.4) is 0 Å². The van der Waals surface area contributed by atoms with E-state index in [-0.39, 0.29) is 16.9 Å². The van der Waals surface area contributed by atoms with Crippen molar-refractivity contribution in [2.24, 2.45) is 0 Å². The summed E-state index contributed by atoms with van der Waals surface area (Å²) < 4.78 is 39.1. The summed E-state index contributed by atoms with van der Waals surface area (Å²) in [6.07, 6.45) is -25.3. The predicted octanol–water partition coefficient (Wildman–Crippen LogP) is -4.21. The Morgan fingerprint density at radius 2 is 1.22 bits per heavy atom. The van der Waals surface area contributed by atoms with Crippen LogP contribution in [0.5, 0.6) is 28.7 Å². The third kappa shape index (κ3) is 7.39. The summed E-state index contributed by atoms with van der Waals surface area (Å²) >= 11 is 0. The second-order valence-electron chi connectivity index (χ2n) is 13.1. The molecule has 1 aromatic heterocycles. The number of phenolic OH excluding ortho intramolecular Hbond substituents is 3. The minimum Gasteiger partial charge on any atom is -0.507 e. The Balaban J connectivity index is 1.33. The molecular formula is C33H40O21. The predicted molar refractivity (Wildman–Crippen MR) is 173 cm³/mol. The standard InChI is InChI=1S/C33H40O21/c1-9-19(38)23(42)27(46)32(49-9)50-11-5-14(37)18-15(6-11)51-29(10-2-3-12(35)13(36)4-10)30(22(18)41)54-33-28(47)25(44)21(40)17(53-33)8-48-31-26(45)24(43)20(39)16(7-34)52-31/h2-6,9,16-17,19-21,23-28,31-40,42-47H,7-8H2,1H3. The van der Waals surface area contributed by atoms with Gasteiger partial charge in [0, 0.05) is 17.7 Å². The van der Waals surface area contributed by atoms with Gasteiger partial charge in [0.05, 0.1) is 19.3 Å². The van der Waals surface area contributed by atoms with Crippen molar-refractivity contribution in [3.05, 3.63) is 40.6 Å². The van der Waals surface area contributed by atoms with Gasteiger partial charge < -0.3 is 99.2 Å². The average molecular weight is 773 g/mol. The third-order valence-electron chi connectivity index (χ3n) is 9.38. The number of aromatic hydroxyl groups is 3. The molecule has 3 aliphatic rings. The summed E-state index contributed by atoms with van der Waals surface area (Å²) in [5, 5.41) is 133. The quantitative estimate of drug-likeness (QED) is 0.0917. The molecule has 54 heavy (non-hydrogen) atoms. The zero-order valence-corrected chi connectivity index (χ0v) is 28.0. The van der Waals surface area contributed by atoms with Crippen LogP contribution in [-0.4, -0.2) is 172 Å². The van der Waals surface area contributed by atoms with E-state index in [1.165, 1.54) is 13.0 Å². The van der Waals surface area contributed by atoms with Gasteiger partial charge in [-0.1, -0.05) is 0 Å². The summed E-state index contributed by atoms with van der Waals surface area (Å²) in [6.45, 7) is -0.0771. The van der Waals surface area contributed by atoms with Crippen molar-refractivity contribution in [3.63, 3.8) is 0 Å². The van der Waals surface area contributed by atoms with E-state index in [9.17, 15) is 71.2 Å². The summed E-state index contributed by atoms with van der Waals surface area (Å²) in [5.41, 5.74) is -1.61. The molecule has 298 valence electrons. The fraction of sp³-hybridized carbons (Fsp3) is 0.545. The number of benzene rings is 2. The van der Waals surface area contributed by atoms with E-state index in [4.69, 9.17) is 32.8 Å². The van der Waals surface area contributed by atoms with Gasteiger partial charge in [-0.3, -0.25) is 4.79 Å². The highest BCUT2D eigenvalue weighted by Crippen LogP contribution is 2.40. The maximum atomic E-state index is 14.1. The van der Waals surface area contributed by atoms with Crippen LogP contribution in [-0.2, 0) is 18.9 Å². The smallest absolute Gasteiger partial charge is 0.239 e. The lowest BCUT2D eigenvalue weighted by Gasteiger charge is -2.42. The number of hydrogen-bond donors (Lipinski definition) is 13. The fourth-order valence-corrected chi connectivity index (χ4v) is 6.19. The summed E-state index contributed by atoms with van der Waals surface area (Å²) in [7, 11) is 0. The van der Waals surface area contributed by atoms with E-state index < -0.39 is 145 Å². The monoisotopic (exact) mass is 772 g/mol. The molecule has 3 fully saturated rings. The van der Waals surface area contributed by atoms with Crippen molar-refractivity contribution in [1.82, 2.24) is 0 Å². The molecule has 0 radical (unpaired) electrons. The molecule has 15 unspecified atom stereocenters. The summed E-state index contributed by atoms with van der Waals surface area (Å²) in [5.74, 6) is -3.53. The van der Waals surface area contributed by atoms with Gasteiger partial charge in [0.15, 0.2) is 23.5 Å². The maximum Gasteiger partial charge on any atom is 0.239 e.